The highest BCUT2D eigenvalue weighted by Gasteiger charge is 2.22. The summed E-state index contributed by atoms with van der Waals surface area (Å²) in [4.78, 5) is 21.5. The molecule has 1 N–H and O–H groups in total. The molecule has 5 nitrogen and oxygen atoms in total. The molecule has 2 heterocycles. The lowest BCUT2D eigenvalue weighted by atomic mass is 9.89. The number of hydrogen-bond donors (Lipinski definition) is 1. The fraction of sp³-hybridized carbons (Fsp3) is 0.500. The van der Waals surface area contributed by atoms with Crippen molar-refractivity contribution in [2.45, 2.75) is 32.6 Å². The third-order valence-corrected chi connectivity index (χ3v) is 4.88. The summed E-state index contributed by atoms with van der Waals surface area (Å²) in [6, 6.07) is 0. The first-order chi connectivity index (χ1) is 9.65. The second-order valence-corrected chi connectivity index (χ2v) is 6.39. The standard InChI is InChI=1S/C14H17N3O2S/c1-8-2-3-9-10(6-8)20-14-12(9)13(16-7-17-14)15-5-4-11(18)19/h7-8H,2-6H2,1H3,(H,18,19)(H,15,16,17)/p-1. The van der Waals surface area contributed by atoms with Crippen molar-refractivity contribution in [3.05, 3.63) is 16.8 Å². The van der Waals surface area contributed by atoms with E-state index in [0.29, 0.717) is 6.54 Å². The summed E-state index contributed by atoms with van der Waals surface area (Å²) in [5.74, 6) is 0.422. The van der Waals surface area contributed by atoms with Crippen LogP contribution in [0.15, 0.2) is 6.33 Å². The summed E-state index contributed by atoms with van der Waals surface area (Å²) in [6.45, 7) is 2.60. The van der Waals surface area contributed by atoms with Crippen LogP contribution < -0.4 is 10.4 Å². The van der Waals surface area contributed by atoms with Crippen LogP contribution >= 0.6 is 11.3 Å². The lowest BCUT2D eigenvalue weighted by molar-refractivity contribution is -0.305. The molecule has 0 radical (unpaired) electrons. The fourth-order valence-electron chi connectivity index (χ4n) is 2.69. The molecule has 0 spiro atoms. The van der Waals surface area contributed by atoms with E-state index in [1.165, 1.54) is 23.2 Å². The van der Waals surface area contributed by atoms with Gasteiger partial charge in [0.25, 0.3) is 0 Å². The number of nitrogens with zero attached hydrogens (tertiary/aromatic N) is 2. The van der Waals surface area contributed by atoms with Crippen LogP contribution in [0.25, 0.3) is 10.2 Å². The normalized spacial score (nSPS) is 17.9. The van der Waals surface area contributed by atoms with Crippen LogP contribution in [-0.2, 0) is 17.6 Å². The molecule has 0 aromatic carbocycles. The summed E-state index contributed by atoms with van der Waals surface area (Å²) in [7, 11) is 0. The van der Waals surface area contributed by atoms with E-state index in [1.54, 1.807) is 11.3 Å². The number of carboxylic acids is 1. The van der Waals surface area contributed by atoms with Gasteiger partial charge in [-0.2, -0.15) is 0 Å². The van der Waals surface area contributed by atoms with Crippen LogP contribution in [-0.4, -0.2) is 22.5 Å². The van der Waals surface area contributed by atoms with Crippen molar-refractivity contribution in [1.29, 1.82) is 0 Å². The number of carbonyl (C=O) groups is 1. The first-order valence-electron chi connectivity index (χ1n) is 6.84. The molecule has 0 saturated carbocycles. The molecule has 1 atom stereocenters. The maximum Gasteiger partial charge on any atom is 0.138 e. The molecule has 1 aliphatic rings. The van der Waals surface area contributed by atoms with Crippen molar-refractivity contribution in [3.8, 4) is 0 Å². The van der Waals surface area contributed by atoms with Gasteiger partial charge >= 0.3 is 0 Å². The highest BCUT2D eigenvalue weighted by molar-refractivity contribution is 7.19. The van der Waals surface area contributed by atoms with Crippen LogP contribution in [0, 0.1) is 5.92 Å². The molecule has 0 aliphatic heterocycles. The third kappa shape index (κ3) is 2.47. The van der Waals surface area contributed by atoms with E-state index in [4.69, 9.17) is 0 Å². The largest absolute Gasteiger partial charge is 0.550 e. The maximum atomic E-state index is 10.5. The van der Waals surface area contributed by atoms with Crippen molar-refractivity contribution in [1.82, 2.24) is 9.97 Å². The number of aromatic nitrogens is 2. The van der Waals surface area contributed by atoms with E-state index in [1.807, 2.05) is 0 Å². The molecule has 1 unspecified atom stereocenters. The predicted octanol–water partition coefficient (Wildman–Crippen LogP) is 1.37. The molecule has 6 heteroatoms. The molecule has 0 fully saturated rings. The lowest BCUT2D eigenvalue weighted by Gasteiger charge is -2.18. The van der Waals surface area contributed by atoms with Gasteiger partial charge in [-0.1, -0.05) is 6.92 Å². The van der Waals surface area contributed by atoms with Crippen molar-refractivity contribution < 1.29 is 9.90 Å². The predicted molar refractivity (Wildman–Crippen MR) is 76.7 cm³/mol. The van der Waals surface area contributed by atoms with Crippen molar-refractivity contribution in [3.63, 3.8) is 0 Å². The Morgan fingerprint density at radius 1 is 1.55 bits per heavy atom. The Bertz CT molecular complexity index is 653. The average Bonchev–Trinajstić information content (AvgIpc) is 2.76. The van der Waals surface area contributed by atoms with Crippen LogP contribution in [0.1, 0.15) is 30.2 Å². The molecule has 3 rings (SSSR count). The summed E-state index contributed by atoms with van der Waals surface area (Å²) in [5.41, 5.74) is 1.35. The number of fused-ring (bicyclic) bond motifs is 3. The molecule has 0 bridgehead atoms. The molecule has 106 valence electrons. The zero-order chi connectivity index (χ0) is 14.1. The van der Waals surface area contributed by atoms with Gasteiger partial charge in [0.15, 0.2) is 0 Å². The minimum atomic E-state index is -1.05. The summed E-state index contributed by atoms with van der Waals surface area (Å²) in [6.07, 6.45) is 4.87. The number of hydrogen-bond acceptors (Lipinski definition) is 6. The number of aryl methyl sites for hydroxylation is 1. The minimum Gasteiger partial charge on any atom is -0.550 e. The van der Waals surface area contributed by atoms with Crippen molar-refractivity contribution in [2.24, 2.45) is 5.92 Å². The maximum absolute atomic E-state index is 10.5. The first kappa shape index (κ1) is 13.3. The SMILES string of the molecule is CC1CCc2c(sc3ncnc(NCCC(=O)[O-])c23)C1. The van der Waals surface area contributed by atoms with E-state index >= 15 is 0 Å². The number of aliphatic carboxylic acids is 1. The third-order valence-electron chi connectivity index (χ3n) is 3.71. The van der Waals surface area contributed by atoms with Gasteiger partial charge < -0.3 is 15.2 Å². The number of rotatable bonds is 4. The van der Waals surface area contributed by atoms with Gasteiger partial charge in [-0.25, -0.2) is 9.97 Å². The van der Waals surface area contributed by atoms with Gasteiger partial charge in [0.05, 0.1) is 5.39 Å². The quantitative estimate of drug-likeness (QED) is 0.920. The number of carboxylic acid groups (broad SMARTS) is 1. The summed E-state index contributed by atoms with van der Waals surface area (Å²) < 4.78 is 0. The zero-order valence-corrected chi connectivity index (χ0v) is 12.1. The number of thiophene rings is 1. The van der Waals surface area contributed by atoms with E-state index < -0.39 is 5.97 Å². The van der Waals surface area contributed by atoms with Crippen LogP contribution in [0.2, 0.25) is 0 Å². The molecular weight excluding hydrogens is 274 g/mol. The van der Waals surface area contributed by atoms with Crippen molar-refractivity contribution in [2.75, 3.05) is 11.9 Å². The molecule has 1 aliphatic carbocycles. The minimum absolute atomic E-state index is 0.0190. The first-order valence-corrected chi connectivity index (χ1v) is 7.65. The summed E-state index contributed by atoms with van der Waals surface area (Å²) in [5, 5.41) is 14.7. The average molecular weight is 290 g/mol. The van der Waals surface area contributed by atoms with Gasteiger partial charge in [0.1, 0.15) is 17.0 Å². The second kappa shape index (κ2) is 5.36. The molecule has 2 aromatic heterocycles. The van der Waals surface area contributed by atoms with Crippen LogP contribution in [0.4, 0.5) is 5.82 Å². The molecule has 2 aromatic rings. The highest BCUT2D eigenvalue weighted by Crippen LogP contribution is 2.39. The highest BCUT2D eigenvalue weighted by atomic mass is 32.1. The van der Waals surface area contributed by atoms with E-state index in [-0.39, 0.29) is 6.42 Å². The van der Waals surface area contributed by atoms with Crippen LogP contribution in [0.5, 0.6) is 0 Å². The number of nitrogens with one attached hydrogen (secondary N) is 1. The Morgan fingerprint density at radius 2 is 2.40 bits per heavy atom. The Balaban J connectivity index is 1.94. The van der Waals surface area contributed by atoms with E-state index in [0.717, 1.165) is 34.8 Å². The van der Waals surface area contributed by atoms with E-state index in [2.05, 4.69) is 22.2 Å². The van der Waals surface area contributed by atoms with Crippen molar-refractivity contribution >= 4 is 33.3 Å². The molecular formula is C14H16N3O2S-. The van der Waals surface area contributed by atoms with Gasteiger partial charge in [0.2, 0.25) is 0 Å². The molecule has 0 saturated heterocycles. The Kier molecular flexibility index (Phi) is 3.56. The monoisotopic (exact) mass is 290 g/mol. The second-order valence-electron chi connectivity index (χ2n) is 5.30. The topological polar surface area (TPSA) is 77.9 Å². The van der Waals surface area contributed by atoms with Crippen LogP contribution in [0.3, 0.4) is 0 Å². The summed E-state index contributed by atoms with van der Waals surface area (Å²) >= 11 is 1.74. The van der Waals surface area contributed by atoms with Gasteiger partial charge in [-0.15, -0.1) is 11.3 Å². The van der Waals surface area contributed by atoms with Gasteiger partial charge in [0, 0.05) is 23.8 Å². The number of anilines is 1. The smallest absolute Gasteiger partial charge is 0.138 e. The number of carbonyl (C=O) groups excluding carboxylic acids is 1. The fourth-order valence-corrected chi connectivity index (χ4v) is 4.04. The molecule has 20 heavy (non-hydrogen) atoms. The van der Waals surface area contributed by atoms with Gasteiger partial charge in [-0.3, -0.25) is 0 Å². The van der Waals surface area contributed by atoms with E-state index in [9.17, 15) is 9.90 Å². The zero-order valence-electron chi connectivity index (χ0n) is 11.3. The molecule has 0 amide bonds. The Morgan fingerprint density at radius 3 is 3.20 bits per heavy atom. The van der Waals surface area contributed by atoms with Gasteiger partial charge in [-0.05, 0) is 30.7 Å². The Labute approximate surface area is 121 Å². The lowest BCUT2D eigenvalue weighted by Crippen LogP contribution is -2.24. The Hall–Kier alpha value is -1.69.